The molecule has 0 aromatic heterocycles. The summed E-state index contributed by atoms with van der Waals surface area (Å²) in [6, 6.07) is 8.95. The fourth-order valence-corrected chi connectivity index (χ4v) is 5.99. The second-order valence-corrected chi connectivity index (χ2v) is 11.4. The highest BCUT2D eigenvalue weighted by molar-refractivity contribution is 5.84. The van der Waals surface area contributed by atoms with Gasteiger partial charge in [0.2, 0.25) is 5.91 Å². The molecule has 1 aliphatic heterocycles. The highest BCUT2D eigenvalue weighted by Crippen LogP contribution is 2.43. The summed E-state index contributed by atoms with van der Waals surface area (Å²) in [5, 5.41) is 2.91. The summed E-state index contributed by atoms with van der Waals surface area (Å²) in [6.07, 6.45) is 5.38. The molecule has 0 bridgehead atoms. The molecule has 0 saturated heterocycles. The van der Waals surface area contributed by atoms with E-state index in [0.717, 1.165) is 45.1 Å². The van der Waals surface area contributed by atoms with E-state index in [0.29, 0.717) is 24.3 Å². The summed E-state index contributed by atoms with van der Waals surface area (Å²) in [5.74, 6) is 1.27. The van der Waals surface area contributed by atoms with Crippen molar-refractivity contribution in [2.45, 2.75) is 84.8 Å². The molecule has 4 rings (SSSR count). The van der Waals surface area contributed by atoms with Crippen molar-refractivity contribution in [2.24, 2.45) is 17.8 Å². The quantitative estimate of drug-likeness (QED) is 0.648. The van der Waals surface area contributed by atoms with Gasteiger partial charge in [-0.15, -0.1) is 0 Å². The van der Waals surface area contributed by atoms with Crippen LogP contribution in [0, 0.1) is 17.8 Å². The standard InChI is InChI=1S/C28H40N2O3/c1-18(2)25-24-16-21-8-6-7-9-22(21)23(24)14-15-30(25)26(31)20-12-10-19(11-13-20)17-29-27(32)33-28(3,4)5/h6-9,18-20,25H,10-17H2,1-5H3,(H,29,32). The van der Waals surface area contributed by atoms with Gasteiger partial charge in [-0.3, -0.25) is 4.79 Å². The van der Waals surface area contributed by atoms with E-state index in [-0.39, 0.29) is 18.1 Å². The Morgan fingerprint density at radius 1 is 1.12 bits per heavy atom. The number of nitrogens with zero attached hydrogens (tertiary/aromatic N) is 1. The zero-order chi connectivity index (χ0) is 23.8. The maximum Gasteiger partial charge on any atom is 0.407 e. The van der Waals surface area contributed by atoms with Crippen molar-refractivity contribution in [3.05, 3.63) is 41.0 Å². The molecule has 0 spiro atoms. The third kappa shape index (κ3) is 5.28. The zero-order valence-corrected chi connectivity index (χ0v) is 20.9. The van der Waals surface area contributed by atoms with E-state index in [9.17, 15) is 9.59 Å². The van der Waals surface area contributed by atoms with Gasteiger partial charge in [0, 0.05) is 19.0 Å². The molecule has 1 fully saturated rings. The molecular weight excluding hydrogens is 412 g/mol. The second kappa shape index (κ2) is 9.52. The number of hydrogen-bond donors (Lipinski definition) is 1. The minimum absolute atomic E-state index is 0.106. The van der Waals surface area contributed by atoms with E-state index in [4.69, 9.17) is 4.74 Å². The number of nitrogens with one attached hydrogen (secondary N) is 1. The van der Waals surface area contributed by atoms with E-state index in [1.165, 1.54) is 22.3 Å². The molecule has 5 nitrogen and oxygen atoms in total. The Bertz CT molecular complexity index is 919. The van der Waals surface area contributed by atoms with Crippen LogP contribution in [0.2, 0.25) is 0 Å². The van der Waals surface area contributed by atoms with Crippen molar-refractivity contribution in [1.82, 2.24) is 10.2 Å². The second-order valence-electron chi connectivity index (χ2n) is 11.4. The molecule has 33 heavy (non-hydrogen) atoms. The van der Waals surface area contributed by atoms with Crippen LogP contribution < -0.4 is 5.32 Å². The van der Waals surface area contributed by atoms with Gasteiger partial charge in [-0.05, 0) is 93.4 Å². The molecule has 1 aromatic carbocycles. The number of ether oxygens (including phenoxy) is 1. The minimum atomic E-state index is -0.481. The number of alkyl carbamates (subject to hydrolysis) is 1. The van der Waals surface area contributed by atoms with Crippen LogP contribution in [-0.4, -0.2) is 41.6 Å². The monoisotopic (exact) mass is 452 g/mol. The predicted octanol–water partition coefficient (Wildman–Crippen LogP) is 5.58. The van der Waals surface area contributed by atoms with Gasteiger partial charge >= 0.3 is 6.09 Å². The van der Waals surface area contributed by atoms with E-state index < -0.39 is 5.60 Å². The molecule has 1 N–H and O–H groups in total. The largest absolute Gasteiger partial charge is 0.444 e. The van der Waals surface area contributed by atoms with Gasteiger partial charge in [-0.2, -0.15) is 0 Å². The van der Waals surface area contributed by atoms with Crippen LogP contribution in [0.4, 0.5) is 4.79 Å². The van der Waals surface area contributed by atoms with Gasteiger partial charge in [-0.1, -0.05) is 38.1 Å². The summed E-state index contributed by atoms with van der Waals surface area (Å²) in [4.78, 5) is 27.8. The number of carbonyl (C=O) groups is 2. The highest BCUT2D eigenvalue weighted by Gasteiger charge is 2.40. The maximum atomic E-state index is 13.7. The predicted molar refractivity (Wildman–Crippen MR) is 132 cm³/mol. The third-order valence-electron chi connectivity index (χ3n) is 7.45. The van der Waals surface area contributed by atoms with Crippen molar-refractivity contribution in [2.75, 3.05) is 13.1 Å². The zero-order valence-electron chi connectivity index (χ0n) is 20.9. The number of carbonyl (C=O) groups excluding carboxylic acids is 2. The maximum absolute atomic E-state index is 13.7. The fourth-order valence-electron chi connectivity index (χ4n) is 5.99. The first-order valence-corrected chi connectivity index (χ1v) is 12.7. The molecule has 0 radical (unpaired) electrons. The van der Waals surface area contributed by atoms with Crippen LogP contribution in [0.15, 0.2) is 29.8 Å². The van der Waals surface area contributed by atoms with Gasteiger partial charge < -0.3 is 15.0 Å². The minimum Gasteiger partial charge on any atom is -0.444 e. The molecule has 2 aliphatic carbocycles. The number of rotatable bonds is 4. The van der Waals surface area contributed by atoms with Crippen molar-refractivity contribution in [1.29, 1.82) is 0 Å². The van der Waals surface area contributed by atoms with E-state index >= 15 is 0 Å². The summed E-state index contributed by atoms with van der Waals surface area (Å²) >= 11 is 0. The topological polar surface area (TPSA) is 58.6 Å². The van der Waals surface area contributed by atoms with E-state index in [1.54, 1.807) is 0 Å². The van der Waals surface area contributed by atoms with Gasteiger partial charge in [0.1, 0.15) is 5.60 Å². The number of fused-ring (bicyclic) bond motifs is 2. The van der Waals surface area contributed by atoms with Gasteiger partial charge in [0.05, 0.1) is 6.04 Å². The van der Waals surface area contributed by atoms with Crippen LogP contribution >= 0.6 is 0 Å². The first-order valence-electron chi connectivity index (χ1n) is 12.7. The van der Waals surface area contributed by atoms with Crippen LogP contribution in [0.1, 0.15) is 77.8 Å². The van der Waals surface area contributed by atoms with E-state index in [2.05, 4.69) is 48.3 Å². The lowest BCUT2D eigenvalue weighted by atomic mass is 9.79. The molecular formula is C28H40N2O3. The molecule has 1 atom stereocenters. The normalized spacial score (nSPS) is 25.0. The molecule has 1 heterocycles. The van der Waals surface area contributed by atoms with Gasteiger partial charge in [-0.25, -0.2) is 4.79 Å². The average molecular weight is 453 g/mol. The molecule has 2 amide bonds. The first kappa shape index (κ1) is 23.8. The Morgan fingerprint density at radius 3 is 2.48 bits per heavy atom. The lowest BCUT2D eigenvalue weighted by Crippen LogP contribution is -2.50. The van der Waals surface area contributed by atoms with Gasteiger partial charge in [0.15, 0.2) is 0 Å². The van der Waals surface area contributed by atoms with Gasteiger partial charge in [0.25, 0.3) is 0 Å². The number of hydrogen-bond acceptors (Lipinski definition) is 3. The summed E-state index contributed by atoms with van der Waals surface area (Å²) in [6.45, 7) is 11.6. The van der Waals surface area contributed by atoms with Crippen LogP contribution in [0.5, 0.6) is 0 Å². The fraction of sp³-hybridized carbons (Fsp3) is 0.643. The van der Waals surface area contributed by atoms with Crippen LogP contribution in [-0.2, 0) is 16.0 Å². The van der Waals surface area contributed by atoms with Crippen LogP contribution in [0.3, 0.4) is 0 Å². The Morgan fingerprint density at radius 2 is 1.82 bits per heavy atom. The van der Waals surface area contributed by atoms with E-state index in [1.807, 2.05) is 20.8 Å². The Kier molecular flexibility index (Phi) is 6.88. The van der Waals surface area contributed by atoms with Crippen molar-refractivity contribution in [3.8, 4) is 0 Å². The van der Waals surface area contributed by atoms with Crippen molar-refractivity contribution < 1.29 is 14.3 Å². The van der Waals surface area contributed by atoms with Crippen LogP contribution in [0.25, 0.3) is 5.57 Å². The molecule has 1 unspecified atom stereocenters. The molecule has 180 valence electrons. The number of amides is 2. The molecule has 1 saturated carbocycles. The Hall–Kier alpha value is -2.30. The summed E-state index contributed by atoms with van der Waals surface area (Å²) in [7, 11) is 0. The number of benzene rings is 1. The SMILES string of the molecule is CC(C)C1C2=C(CCN1C(=O)C1CCC(CNC(=O)OC(C)(C)C)CC1)c1ccccc1C2. The lowest BCUT2D eigenvalue weighted by molar-refractivity contribution is -0.139. The Labute approximate surface area is 198 Å². The highest BCUT2D eigenvalue weighted by atomic mass is 16.6. The summed E-state index contributed by atoms with van der Waals surface area (Å²) in [5.41, 5.74) is 5.31. The van der Waals surface area contributed by atoms with Crippen molar-refractivity contribution in [3.63, 3.8) is 0 Å². The molecule has 5 heteroatoms. The smallest absolute Gasteiger partial charge is 0.407 e. The Balaban J connectivity index is 1.35. The average Bonchev–Trinajstić information content (AvgIpc) is 3.14. The molecule has 1 aromatic rings. The third-order valence-corrected chi connectivity index (χ3v) is 7.45. The first-order chi connectivity index (χ1) is 15.6. The lowest BCUT2D eigenvalue weighted by Gasteiger charge is -2.42. The summed E-state index contributed by atoms with van der Waals surface area (Å²) < 4.78 is 5.34. The molecule has 3 aliphatic rings. The van der Waals surface area contributed by atoms with Crippen molar-refractivity contribution >= 4 is 17.6 Å².